The van der Waals surface area contributed by atoms with Crippen molar-refractivity contribution in [3.63, 3.8) is 0 Å². The zero-order chi connectivity index (χ0) is 41.5. The Bertz CT molecular complexity index is 2690. The zero-order valence-corrected chi connectivity index (χ0v) is 37.5. The Kier molecular flexibility index (Phi) is 11.3. The van der Waals surface area contributed by atoms with Crippen molar-refractivity contribution in [2.45, 2.75) is 57.8 Å². The van der Waals surface area contributed by atoms with Gasteiger partial charge in [0.1, 0.15) is 11.5 Å². The molecule has 0 aliphatic carbocycles. The van der Waals surface area contributed by atoms with Crippen LogP contribution in [0.3, 0.4) is 0 Å². The summed E-state index contributed by atoms with van der Waals surface area (Å²) in [6, 6.07) is 63.4. The molecule has 0 saturated carbocycles. The van der Waals surface area contributed by atoms with Crippen LogP contribution in [-0.4, -0.2) is 9.97 Å². The predicted molar refractivity (Wildman–Crippen MR) is 242 cm³/mol. The molecule has 0 bridgehead atoms. The summed E-state index contributed by atoms with van der Waals surface area (Å²) in [6.45, 7) is 13.5. The van der Waals surface area contributed by atoms with Gasteiger partial charge in [0.25, 0.3) is 0 Å². The first-order valence-corrected chi connectivity index (χ1v) is 20.5. The van der Waals surface area contributed by atoms with Crippen LogP contribution in [0.5, 0.6) is 23.0 Å². The summed E-state index contributed by atoms with van der Waals surface area (Å²) < 4.78 is 13.1. The van der Waals surface area contributed by atoms with Gasteiger partial charge in [-0.1, -0.05) is 120 Å². The van der Waals surface area contributed by atoms with Crippen LogP contribution in [-0.2, 0) is 37.3 Å². The number of anilines is 3. The van der Waals surface area contributed by atoms with E-state index in [9.17, 15) is 0 Å². The molecule has 2 aromatic heterocycles. The zero-order valence-electron chi connectivity index (χ0n) is 35.2. The molecule has 61 heavy (non-hydrogen) atoms. The summed E-state index contributed by atoms with van der Waals surface area (Å²) in [7, 11) is 0. The largest absolute Gasteiger partial charge is 2.00 e. The van der Waals surface area contributed by atoms with E-state index in [4.69, 9.17) is 19.4 Å². The van der Waals surface area contributed by atoms with Crippen molar-refractivity contribution in [2.75, 3.05) is 4.90 Å². The van der Waals surface area contributed by atoms with Gasteiger partial charge in [0.2, 0.25) is 0 Å². The average molecular weight is 977 g/mol. The molecule has 1 aliphatic rings. The molecule has 0 N–H and O–H groups in total. The first-order valence-electron chi connectivity index (χ1n) is 20.5. The molecule has 5 nitrogen and oxygen atoms in total. The first kappa shape index (κ1) is 41.4. The molecular formula is C55H47N3O2Pt. The minimum absolute atomic E-state index is 0. The van der Waals surface area contributed by atoms with E-state index in [1.807, 2.05) is 91.3 Å². The van der Waals surface area contributed by atoms with E-state index in [1.165, 1.54) is 11.1 Å². The molecule has 6 aromatic carbocycles. The third kappa shape index (κ3) is 8.03. The van der Waals surface area contributed by atoms with Gasteiger partial charge < -0.3 is 19.4 Å². The minimum Gasteiger partial charge on any atom is -0.503 e. The van der Waals surface area contributed by atoms with Crippen molar-refractivity contribution >= 4 is 17.1 Å². The number of nitrogens with zero attached hydrogens (tertiary/aromatic N) is 3. The summed E-state index contributed by atoms with van der Waals surface area (Å²) in [5.41, 5.74) is 10.3. The molecular weight excluding hydrogens is 930 g/mol. The van der Waals surface area contributed by atoms with Crippen LogP contribution >= 0.6 is 0 Å². The Morgan fingerprint density at radius 3 is 1.66 bits per heavy atom. The third-order valence-corrected chi connectivity index (χ3v) is 11.3. The van der Waals surface area contributed by atoms with Crippen molar-refractivity contribution in [3.8, 4) is 34.3 Å². The number of hydrogen-bond acceptors (Lipinski definition) is 5. The number of rotatable bonds is 8. The number of benzene rings is 6. The summed E-state index contributed by atoms with van der Waals surface area (Å²) in [4.78, 5) is 12.1. The maximum Gasteiger partial charge on any atom is 2.00 e. The smallest absolute Gasteiger partial charge is 0.503 e. The second-order valence-electron chi connectivity index (χ2n) is 17.3. The molecule has 0 fully saturated rings. The summed E-state index contributed by atoms with van der Waals surface area (Å²) in [5, 5.41) is 0. The molecule has 6 heteroatoms. The monoisotopic (exact) mass is 976 g/mol. The van der Waals surface area contributed by atoms with E-state index in [1.54, 1.807) is 0 Å². The number of fused-ring (bicyclic) bond motifs is 2. The Morgan fingerprint density at radius 2 is 1.08 bits per heavy atom. The molecule has 0 spiro atoms. The van der Waals surface area contributed by atoms with E-state index in [0.717, 1.165) is 62.2 Å². The van der Waals surface area contributed by atoms with Crippen LogP contribution < -0.4 is 14.4 Å². The van der Waals surface area contributed by atoms with Crippen molar-refractivity contribution < 1.29 is 30.5 Å². The second kappa shape index (κ2) is 16.6. The first-order chi connectivity index (χ1) is 29.0. The molecule has 1 aliphatic heterocycles. The fourth-order valence-electron chi connectivity index (χ4n) is 8.16. The van der Waals surface area contributed by atoms with Gasteiger partial charge in [0, 0.05) is 52.1 Å². The van der Waals surface area contributed by atoms with E-state index in [0.29, 0.717) is 11.5 Å². The van der Waals surface area contributed by atoms with E-state index >= 15 is 0 Å². The van der Waals surface area contributed by atoms with Gasteiger partial charge in [-0.3, -0.25) is 4.98 Å². The molecule has 3 heterocycles. The fraction of sp³-hybridized carbons (Fsp3) is 0.164. The predicted octanol–water partition coefficient (Wildman–Crippen LogP) is 14.1. The Balaban J connectivity index is 0.00000514. The molecule has 0 radical (unpaired) electrons. The number of para-hydroxylation sites is 2. The van der Waals surface area contributed by atoms with Crippen molar-refractivity contribution in [3.05, 3.63) is 222 Å². The van der Waals surface area contributed by atoms with Gasteiger partial charge in [-0.2, -0.15) is 12.1 Å². The summed E-state index contributed by atoms with van der Waals surface area (Å²) >= 11 is 0. The van der Waals surface area contributed by atoms with Crippen molar-refractivity contribution in [1.82, 2.24) is 9.97 Å². The van der Waals surface area contributed by atoms with E-state index in [-0.39, 0.29) is 31.9 Å². The van der Waals surface area contributed by atoms with Gasteiger partial charge in [-0.05, 0) is 82.2 Å². The number of aromatic nitrogens is 2. The molecule has 8 aromatic rings. The average Bonchev–Trinajstić information content (AvgIpc) is 3.26. The van der Waals surface area contributed by atoms with Crippen molar-refractivity contribution in [2.24, 2.45) is 0 Å². The van der Waals surface area contributed by atoms with Crippen LogP contribution in [0.2, 0.25) is 0 Å². The SMILES string of the molecule is CC(C)(C)c1ccc(N(c2ccc(C(C)(C)C)cc2)c2ccnc(-c3[c-]c(Oc4[c-]c(C5(c6ccccn6)c6ccccc6Oc6ccccc65)ccc4)ccc3)c2)cc1.[Pt+2]. The number of pyridine rings is 2. The number of hydrogen-bond donors (Lipinski definition) is 0. The van der Waals surface area contributed by atoms with Gasteiger partial charge in [-0.15, -0.1) is 41.5 Å². The van der Waals surface area contributed by atoms with Crippen LogP contribution in [0.1, 0.15) is 75.1 Å². The quantitative estimate of drug-likeness (QED) is 0.142. The molecule has 304 valence electrons. The van der Waals surface area contributed by atoms with E-state index < -0.39 is 5.41 Å². The fourth-order valence-corrected chi connectivity index (χ4v) is 8.16. The molecule has 9 rings (SSSR count). The molecule has 0 unspecified atom stereocenters. The normalized spacial score (nSPS) is 12.9. The Hall–Kier alpha value is -6.29. The Morgan fingerprint density at radius 1 is 0.525 bits per heavy atom. The summed E-state index contributed by atoms with van der Waals surface area (Å²) in [5.74, 6) is 2.67. The van der Waals surface area contributed by atoms with Crippen molar-refractivity contribution in [1.29, 1.82) is 0 Å². The Labute approximate surface area is 374 Å². The van der Waals surface area contributed by atoms with Crippen LogP contribution in [0, 0.1) is 12.1 Å². The molecule has 0 saturated heterocycles. The minimum atomic E-state index is -0.812. The maximum absolute atomic E-state index is 6.62. The van der Waals surface area contributed by atoms with Crippen LogP contribution in [0.25, 0.3) is 11.3 Å². The third-order valence-electron chi connectivity index (χ3n) is 11.3. The summed E-state index contributed by atoms with van der Waals surface area (Å²) in [6.07, 6.45) is 3.70. The van der Waals surface area contributed by atoms with Crippen LogP contribution in [0.4, 0.5) is 17.1 Å². The van der Waals surface area contributed by atoms with Gasteiger partial charge in [0.15, 0.2) is 0 Å². The topological polar surface area (TPSA) is 47.5 Å². The van der Waals surface area contributed by atoms with Crippen LogP contribution in [0.15, 0.2) is 176 Å². The van der Waals surface area contributed by atoms with E-state index in [2.05, 4.69) is 144 Å². The van der Waals surface area contributed by atoms with Gasteiger partial charge >= 0.3 is 21.1 Å². The van der Waals surface area contributed by atoms with Gasteiger partial charge in [0.05, 0.1) is 11.1 Å². The maximum atomic E-state index is 6.62. The molecule has 0 atom stereocenters. The standard InChI is InChI=1S/C55H47N3O2.Pt/c1-53(2,3)39-24-28-42(29-25-39)58(43-30-26-40(27-31-43)54(4,5)6)44-32-34-56-49(37-44)38-15-13-17-45(35-38)59-46-18-14-16-41(36-46)55(52-23-11-12-33-57-52)47-19-7-9-21-50(47)60-51-22-10-8-20-48(51)55;/h7-34,37H,1-6H3;/q-2;+2. The molecule has 0 amide bonds. The van der Waals surface area contributed by atoms with Gasteiger partial charge in [-0.25, -0.2) is 0 Å². The number of ether oxygens (including phenoxy) is 2. The second-order valence-corrected chi connectivity index (χ2v) is 17.3.